The molecular formula is C6H11NO4. The first-order valence-electron chi connectivity index (χ1n) is 3.06. The molecule has 0 aromatic rings. The van der Waals surface area contributed by atoms with Crippen LogP contribution in [0.4, 0.5) is 0 Å². The summed E-state index contributed by atoms with van der Waals surface area (Å²) < 4.78 is 0. The Morgan fingerprint density at radius 3 is 2.18 bits per heavy atom. The molecule has 3 N–H and O–H groups in total. The fourth-order valence-electron chi connectivity index (χ4n) is 0.610. The van der Waals surface area contributed by atoms with Crippen molar-refractivity contribution in [3.05, 3.63) is 0 Å². The molecule has 5 heteroatoms. The maximum atomic E-state index is 10.7. The van der Waals surface area contributed by atoms with Crippen LogP contribution in [0.25, 0.3) is 0 Å². The Balaban J connectivity index is 4.21. The molecule has 0 unspecified atom stereocenters. The van der Waals surface area contributed by atoms with Gasteiger partial charge in [-0.2, -0.15) is 0 Å². The summed E-state index contributed by atoms with van der Waals surface area (Å²) in [5.41, 5.74) is 0.339. The molecule has 0 atom stereocenters. The normalized spacial score (nSPS) is 10.8. The average molecular weight is 161 g/mol. The first-order chi connectivity index (χ1) is 4.90. The molecule has 0 aliphatic rings. The standard InChI is InChI=1S/C6H11NO4/c1-6(2,3-4(8)9)5(10)7-11/h11H,3H2,1-2H3,(H,7,10)(H,8,9). The highest BCUT2D eigenvalue weighted by molar-refractivity contribution is 5.85. The number of rotatable bonds is 3. The van der Waals surface area contributed by atoms with E-state index in [1.54, 1.807) is 0 Å². The Morgan fingerprint density at radius 2 is 1.91 bits per heavy atom. The van der Waals surface area contributed by atoms with Crippen LogP contribution in [0, 0.1) is 5.41 Å². The van der Waals surface area contributed by atoms with Crippen LogP contribution in [0.15, 0.2) is 0 Å². The maximum Gasteiger partial charge on any atom is 0.304 e. The number of hydrogen-bond acceptors (Lipinski definition) is 3. The van der Waals surface area contributed by atoms with Crippen LogP contribution in [0.3, 0.4) is 0 Å². The van der Waals surface area contributed by atoms with E-state index in [0.717, 1.165) is 0 Å². The summed E-state index contributed by atoms with van der Waals surface area (Å²) in [6.07, 6.45) is -0.306. The topological polar surface area (TPSA) is 86.6 Å². The molecule has 0 radical (unpaired) electrons. The molecule has 0 spiro atoms. The van der Waals surface area contributed by atoms with Crippen LogP contribution < -0.4 is 5.48 Å². The molecule has 64 valence electrons. The van der Waals surface area contributed by atoms with E-state index in [4.69, 9.17) is 10.3 Å². The number of nitrogens with one attached hydrogen (secondary N) is 1. The van der Waals surface area contributed by atoms with Gasteiger partial charge < -0.3 is 5.11 Å². The molecule has 0 fully saturated rings. The number of amides is 1. The van der Waals surface area contributed by atoms with Crippen molar-refractivity contribution >= 4 is 11.9 Å². The van der Waals surface area contributed by atoms with Crippen LogP contribution in [-0.2, 0) is 9.59 Å². The Kier molecular flexibility index (Phi) is 3.00. The van der Waals surface area contributed by atoms with Gasteiger partial charge in [0.1, 0.15) is 0 Å². The van der Waals surface area contributed by atoms with E-state index in [0.29, 0.717) is 0 Å². The molecule has 11 heavy (non-hydrogen) atoms. The maximum absolute atomic E-state index is 10.7. The van der Waals surface area contributed by atoms with Crippen LogP contribution in [-0.4, -0.2) is 22.2 Å². The van der Waals surface area contributed by atoms with Gasteiger partial charge in [-0.3, -0.25) is 14.8 Å². The first-order valence-corrected chi connectivity index (χ1v) is 3.06. The van der Waals surface area contributed by atoms with Gasteiger partial charge in [-0.15, -0.1) is 0 Å². The second kappa shape index (κ2) is 3.34. The summed E-state index contributed by atoms with van der Waals surface area (Å²) in [6, 6.07) is 0. The second-order valence-corrected chi connectivity index (χ2v) is 2.90. The van der Waals surface area contributed by atoms with Gasteiger partial charge in [-0.1, -0.05) is 13.8 Å². The van der Waals surface area contributed by atoms with Crippen molar-refractivity contribution in [3.63, 3.8) is 0 Å². The van der Waals surface area contributed by atoms with Gasteiger partial charge in [0.25, 0.3) is 0 Å². The van der Waals surface area contributed by atoms with E-state index in [-0.39, 0.29) is 6.42 Å². The molecule has 0 rings (SSSR count). The zero-order chi connectivity index (χ0) is 9.07. The summed E-state index contributed by atoms with van der Waals surface area (Å²) in [7, 11) is 0. The van der Waals surface area contributed by atoms with E-state index in [9.17, 15) is 9.59 Å². The third kappa shape index (κ3) is 2.99. The van der Waals surface area contributed by atoms with Gasteiger partial charge >= 0.3 is 5.97 Å². The third-order valence-electron chi connectivity index (χ3n) is 1.31. The fourth-order valence-corrected chi connectivity index (χ4v) is 0.610. The van der Waals surface area contributed by atoms with Crippen molar-refractivity contribution < 1.29 is 19.9 Å². The SMILES string of the molecule is CC(C)(CC(=O)O)C(=O)NO. The molecule has 5 nitrogen and oxygen atoms in total. The van der Waals surface area contributed by atoms with Crippen molar-refractivity contribution in [1.82, 2.24) is 5.48 Å². The molecule has 0 aliphatic heterocycles. The van der Waals surface area contributed by atoms with Gasteiger partial charge in [-0.25, -0.2) is 5.48 Å². The number of aliphatic carboxylic acids is 1. The summed E-state index contributed by atoms with van der Waals surface area (Å²) >= 11 is 0. The number of hydrogen-bond donors (Lipinski definition) is 3. The molecule has 0 heterocycles. The number of carboxylic acids is 1. The average Bonchev–Trinajstić information content (AvgIpc) is 1.83. The molecule has 0 saturated carbocycles. The highest BCUT2D eigenvalue weighted by Crippen LogP contribution is 2.19. The molecule has 0 bridgehead atoms. The fraction of sp³-hybridized carbons (Fsp3) is 0.667. The zero-order valence-corrected chi connectivity index (χ0v) is 6.42. The highest BCUT2D eigenvalue weighted by atomic mass is 16.5. The minimum atomic E-state index is -1.07. The Morgan fingerprint density at radius 1 is 1.45 bits per heavy atom. The van der Waals surface area contributed by atoms with Crippen molar-refractivity contribution in [2.45, 2.75) is 20.3 Å². The molecular weight excluding hydrogens is 150 g/mol. The lowest BCUT2D eigenvalue weighted by Crippen LogP contribution is -2.36. The number of carboxylic acid groups (broad SMARTS) is 1. The first kappa shape index (κ1) is 9.90. The van der Waals surface area contributed by atoms with Gasteiger partial charge in [0.2, 0.25) is 5.91 Å². The molecule has 0 saturated heterocycles. The summed E-state index contributed by atoms with van der Waals surface area (Å²) in [4.78, 5) is 20.9. The summed E-state index contributed by atoms with van der Waals surface area (Å²) in [6.45, 7) is 2.87. The van der Waals surface area contributed by atoms with E-state index in [1.165, 1.54) is 19.3 Å². The lowest BCUT2D eigenvalue weighted by atomic mass is 9.89. The van der Waals surface area contributed by atoms with Crippen molar-refractivity contribution in [2.75, 3.05) is 0 Å². The van der Waals surface area contributed by atoms with Gasteiger partial charge in [0.15, 0.2) is 0 Å². The molecule has 1 amide bonds. The lowest BCUT2D eigenvalue weighted by Gasteiger charge is -2.18. The molecule has 0 aliphatic carbocycles. The van der Waals surface area contributed by atoms with Crippen LogP contribution in [0.1, 0.15) is 20.3 Å². The largest absolute Gasteiger partial charge is 0.481 e. The van der Waals surface area contributed by atoms with Crippen molar-refractivity contribution in [2.24, 2.45) is 5.41 Å². The van der Waals surface area contributed by atoms with E-state index in [1.807, 2.05) is 0 Å². The smallest absolute Gasteiger partial charge is 0.304 e. The monoisotopic (exact) mass is 161 g/mol. The summed E-state index contributed by atoms with van der Waals surface area (Å²) in [5, 5.41) is 16.5. The van der Waals surface area contributed by atoms with Crippen molar-refractivity contribution in [3.8, 4) is 0 Å². The van der Waals surface area contributed by atoms with Gasteiger partial charge in [-0.05, 0) is 0 Å². The van der Waals surface area contributed by atoms with E-state index < -0.39 is 17.3 Å². The molecule has 0 aromatic carbocycles. The number of carbonyl (C=O) groups is 2. The minimum absolute atomic E-state index is 0.306. The second-order valence-electron chi connectivity index (χ2n) is 2.90. The van der Waals surface area contributed by atoms with Gasteiger partial charge in [0, 0.05) is 0 Å². The molecule has 0 aromatic heterocycles. The van der Waals surface area contributed by atoms with E-state index >= 15 is 0 Å². The van der Waals surface area contributed by atoms with Crippen molar-refractivity contribution in [1.29, 1.82) is 0 Å². The third-order valence-corrected chi connectivity index (χ3v) is 1.31. The number of carbonyl (C=O) groups excluding carboxylic acids is 1. The number of hydroxylamine groups is 1. The highest BCUT2D eigenvalue weighted by Gasteiger charge is 2.29. The zero-order valence-electron chi connectivity index (χ0n) is 6.42. The summed E-state index contributed by atoms with van der Waals surface area (Å²) in [5.74, 6) is -1.77. The van der Waals surface area contributed by atoms with Gasteiger partial charge in [0.05, 0.1) is 11.8 Å². The van der Waals surface area contributed by atoms with Crippen LogP contribution in [0.2, 0.25) is 0 Å². The Bertz CT molecular complexity index is 175. The lowest BCUT2D eigenvalue weighted by molar-refractivity contribution is -0.147. The van der Waals surface area contributed by atoms with Crippen LogP contribution >= 0.6 is 0 Å². The van der Waals surface area contributed by atoms with Crippen LogP contribution in [0.5, 0.6) is 0 Å². The quantitative estimate of drug-likeness (QED) is 0.401. The predicted octanol–water partition coefficient (Wildman–Crippen LogP) is -0.00730. The minimum Gasteiger partial charge on any atom is -0.481 e. The van der Waals surface area contributed by atoms with E-state index in [2.05, 4.69) is 0 Å². The predicted molar refractivity (Wildman–Crippen MR) is 36.0 cm³/mol. The Hall–Kier alpha value is -1.10. The Labute approximate surface area is 64.0 Å².